The van der Waals surface area contributed by atoms with Crippen LogP contribution in [0.3, 0.4) is 0 Å². The number of rotatable bonds is 3. The minimum atomic E-state index is -0.239. The van der Waals surface area contributed by atoms with E-state index in [0.717, 1.165) is 11.3 Å². The number of Topliss-reactive ketones (excluding diaryl/α,β-unsaturated/α-hetero) is 1. The van der Waals surface area contributed by atoms with Crippen LogP contribution in [0.1, 0.15) is 32.5 Å². The summed E-state index contributed by atoms with van der Waals surface area (Å²) in [4.78, 5) is 23.7. The summed E-state index contributed by atoms with van der Waals surface area (Å²) in [6.07, 6.45) is 8.89. The normalized spacial score (nSPS) is 20.4. The molecule has 21 heavy (non-hydrogen) atoms. The van der Waals surface area contributed by atoms with Crippen LogP contribution in [-0.4, -0.2) is 25.3 Å². The lowest BCUT2D eigenvalue weighted by Crippen LogP contribution is -2.09. The predicted molar refractivity (Wildman–Crippen MR) is 80.1 cm³/mol. The van der Waals surface area contributed by atoms with Crippen LogP contribution in [0.5, 0.6) is 0 Å². The zero-order chi connectivity index (χ0) is 14.2. The molecule has 0 bridgehead atoms. The second-order valence-corrected chi connectivity index (χ2v) is 5.99. The highest BCUT2D eigenvalue weighted by Crippen LogP contribution is 2.50. The molecule has 2 atom stereocenters. The van der Waals surface area contributed by atoms with Crippen LogP contribution in [0.2, 0.25) is 0 Å². The van der Waals surface area contributed by atoms with Gasteiger partial charge in [0.25, 0.3) is 0 Å². The van der Waals surface area contributed by atoms with Crippen LogP contribution in [0.4, 0.5) is 0 Å². The molecule has 0 spiro atoms. The lowest BCUT2D eigenvalue weighted by molar-refractivity contribution is 0.0980. The van der Waals surface area contributed by atoms with Gasteiger partial charge in [0.1, 0.15) is 10.6 Å². The first-order valence-corrected chi connectivity index (χ1v) is 7.54. The first-order valence-electron chi connectivity index (χ1n) is 6.60. The van der Waals surface area contributed by atoms with Gasteiger partial charge in [0.05, 0.1) is 0 Å². The number of imidazole rings is 1. The van der Waals surface area contributed by atoms with Gasteiger partial charge in [-0.05, 0) is 18.2 Å². The van der Waals surface area contributed by atoms with Gasteiger partial charge in [-0.2, -0.15) is 0 Å². The van der Waals surface area contributed by atoms with Crippen molar-refractivity contribution in [2.45, 2.75) is 10.6 Å². The van der Waals surface area contributed by atoms with Crippen molar-refractivity contribution < 1.29 is 4.79 Å². The minimum absolute atomic E-state index is 0.0105. The SMILES string of the molecule is O=C(c1ncc[nH]1)C1SC(c2cccnc2)n2cccc21. The lowest BCUT2D eigenvalue weighted by Gasteiger charge is -2.12. The Morgan fingerprint density at radius 3 is 3.00 bits per heavy atom. The average molecular weight is 296 g/mol. The maximum absolute atomic E-state index is 12.6. The summed E-state index contributed by atoms with van der Waals surface area (Å²) in [6, 6.07) is 7.92. The number of nitrogens with one attached hydrogen (secondary N) is 1. The molecule has 4 rings (SSSR count). The van der Waals surface area contributed by atoms with Crippen molar-refractivity contribution in [1.82, 2.24) is 19.5 Å². The van der Waals surface area contributed by atoms with Gasteiger partial charge in [0.2, 0.25) is 5.78 Å². The van der Waals surface area contributed by atoms with Gasteiger partial charge in [-0.3, -0.25) is 9.78 Å². The summed E-state index contributed by atoms with van der Waals surface area (Å²) in [7, 11) is 0. The summed E-state index contributed by atoms with van der Waals surface area (Å²) in [5.41, 5.74) is 2.10. The first kappa shape index (κ1) is 12.4. The first-order chi connectivity index (χ1) is 10.3. The second-order valence-electron chi connectivity index (χ2n) is 4.80. The molecule has 2 unspecified atom stereocenters. The summed E-state index contributed by atoms with van der Waals surface area (Å²) in [5, 5.41) is -0.163. The fourth-order valence-corrected chi connectivity index (χ4v) is 4.04. The van der Waals surface area contributed by atoms with E-state index in [0.29, 0.717) is 5.82 Å². The Morgan fingerprint density at radius 1 is 1.29 bits per heavy atom. The van der Waals surface area contributed by atoms with Crippen molar-refractivity contribution in [2.24, 2.45) is 0 Å². The van der Waals surface area contributed by atoms with Crippen molar-refractivity contribution in [3.63, 3.8) is 0 Å². The Bertz CT molecular complexity index is 766. The van der Waals surface area contributed by atoms with Crippen molar-refractivity contribution >= 4 is 17.5 Å². The topological polar surface area (TPSA) is 63.6 Å². The number of H-pyrrole nitrogens is 1. The average Bonchev–Trinajstić information content (AvgIpc) is 3.24. The number of fused-ring (bicyclic) bond motifs is 1. The van der Waals surface area contributed by atoms with E-state index >= 15 is 0 Å². The van der Waals surface area contributed by atoms with E-state index in [1.807, 2.05) is 36.7 Å². The quantitative estimate of drug-likeness (QED) is 0.755. The third-order valence-electron chi connectivity index (χ3n) is 3.54. The van der Waals surface area contributed by atoms with Gasteiger partial charge in [-0.15, -0.1) is 11.8 Å². The van der Waals surface area contributed by atoms with Crippen LogP contribution < -0.4 is 0 Å². The highest BCUT2D eigenvalue weighted by atomic mass is 32.2. The summed E-state index contributed by atoms with van der Waals surface area (Å²) in [6.45, 7) is 0. The molecule has 5 nitrogen and oxygen atoms in total. The van der Waals surface area contributed by atoms with Gasteiger partial charge in [0.15, 0.2) is 5.82 Å². The van der Waals surface area contributed by atoms with E-state index in [4.69, 9.17) is 0 Å². The molecule has 3 aromatic rings. The molecule has 0 radical (unpaired) electrons. The zero-order valence-electron chi connectivity index (χ0n) is 11.0. The molecule has 6 heteroatoms. The van der Waals surface area contributed by atoms with Crippen molar-refractivity contribution in [3.8, 4) is 0 Å². The van der Waals surface area contributed by atoms with Crippen LogP contribution in [0.15, 0.2) is 55.2 Å². The fraction of sp³-hybridized carbons (Fsp3) is 0.133. The van der Waals surface area contributed by atoms with Gasteiger partial charge < -0.3 is 9.55 Å². The number of nitrogens with zero attached hydrogens (tertiary/aromatic N) is 3. The van der Waals surface area contributed by atoms with E-state index < -0.39 is 0 Å². The van der Waals surface area contributed by atoms with Gasteiger partial charge in [-0.25, -0.2) is 4.98 Å². The number of aromatic amines is 1. The van der Waals surface area contributed by atoms with Gasteiger partial charge >= 0.3 is 0 Å². The van der Waals surface area contributed by atoms with Crippen molar-refractivity contribution in [2.75, 3.05) is 0 Å². The molecule has 0 saturated heterocycles. The molecule has 1 aliphatic heterocycles. The largest absolute Gasteiger partial charge is 0.342 e. The third kappa shape index (κ3) is 1.99. The Balaban J connectivity index is 1.72. The molecular weight excluding hydrogens is 284 g/mol. The molecule has 3 aromatic heterocycles. The number of aromatic nitrogens is 4. The van der Waals surface area contributed by atoms with E-state index in [9.17, 15) is 4.79 Å². The summed E-state index contributed by atoms with van der Waals surface area (Å²) < 4.78 is 2.13. The predicted octanol–water partition coefficient (Wildman–Crippen LogP) is 2.82. The molecule has 1 N–H and O–H groups in total. The molecule has 1 aliphatic rings. The van der Waals surface area contributed by atoms with E-state index in [-0.39, 0.29) is 16.4 Å². The van der Waals surface area contributed by atoms with Crippen molar-refractivity contribution in [3.05, 3.63) is 72.3 Å². The van der Waals surface area contributed by atoms with Crippen LogP contribution in [0.25, 0.3) is 0 Å². The molecule has 4 heterocycles. The second kappa shape index (κ2) is 4.89. The monoisotopic (exact) mass is 296 g/mol. The highest BCUT2D eigenvalue weighted by Gasteiger charge is 2.37. The number of hydrogen-bond acceptors (Lipinski definition) is 4. The van der Waals surface area contributed by atoms with Gasteiger partial charge in [-0.1, -0.05) is 6.07 Å². The van der Waals surface area contributed by atoms with Gasteiger partial charge in [0, 0.05) is 42.2 Å². The molecular formula is C15H12N4OS. The molecule has 0 aromatic carbocycles. The number of carbonyl (C=O) groups is 1. The molecule has 0 saturated carbocycles. The number of pyridine rings is 1. The third-order valence-corrected chi connectivity index (χ3v) is 5.02. The van der Waals surface area contributed by atoms with E-state index in [2.05, 4.69) is 19.5 Å². The Hall–Kier alpha value is -2.34. The Morgan fingerprint density at radius 2 is 2.24 bits per heavy atom. The number of hydrogen-bond donors (Lipinski definition) is 1. The van der Waals surface area contributed by atoms with Crippen LogP contribution >= 0.6 is 11.8 Å². The van der Waals surface area contributed by atoms with Crippen LogP contribution in [0, 0.1) is 0 Å². The smallest absolute Gasteiger partial charge is 0.216 e. The number of thioether (sulfide) groups is 1. The molecule has 0 fully saturated rings. The fourth-order valence-electron chi connectivity index (χ4n) is 2.59. The van der Waals surface area contributed by atoms with Crippen molar-refractivity contribution in [1.29, 1.82) is 0 Å². The molecule has 0 amide bonds. The zero-order valence-corrected chi connectivity index (χ0v) is 11.8. The lowest BCUT2D eigenvalue weighted by atomic mass is 10.2. The van der Waals surface area contributed by atoms with Crippen LogP contribution in [-0.2, 0) is 0 Å². The van der Waals surface area contributed by atoms with E-state index in [1.54, 1.807) is 30.4 Å². The summed E-state index contributed by atoms with van der Waals surface area (Å²) >= 11 is 1.62. The molecule has 0 aliphatic carbocycles. The number of ketones is 1. The Labute approximate surface area is 125 Å². The maximum Gasteiger partial charge on any atom is 0.216 e. The highest BCUT2D eigenvalue weighted by molar-refractivity contribution is 8.00. The standard InChI is InChI=1S/C15H12N4OS/c20-12(14-17-6-7-18-14)13-11-4-2-8-19(11)15(21-13)10-3-1-5-16-9-10/h1-9,13,15H,(H,17,18). The summed E-state index contributed by atoms with van der Waals surface area (Å²) in [5.74, 6) is 0.420. The maximum atomic E-state index is 12.6. The number of carbonyl (C=O) groups excluding carboxylic acids is 1. The van der Waals surface area contributed by atoms with E-state index in [1.165, 1.54) is 0 Å². The minimum Gasteiger partial charge on any atom is -0.342 e. The Kier molecular flexibility index (Phi) is 2.89. The molecule has 104 valence electrons.